The van der Waals surface area contributed by atoms with Crippen molar-refractivity contribution < 1.29 is 23.1 Å². The number of rotatable bonds is 7. The van der Waals surface area contributed by atoms with Crippen LogP contribution in [0.1, 0.15) is 45.9 Å². The molecule has 0 unspecified atom stereocenters. The molecule has 2 fully saturated rings. The minimum absolute atomic E-state index is 0.0271. The van der Waals surface area contributed by atoms with Crippen molar-refractivity contribution in [2.45, 2.75) is 32.4 Å². The van der Waals surface area contributed by atoms with Crippen molar-refractivity contribution in [1.82, 2.24) is 14.2 Å². The number of piperidine rings is 1. The second kappa shape index (κ2) is 9.34. The number of carboxylic acid groups (broad SMARTS) is 1. The number of methoxy groups -OCH3 is 1. The van der Waals surface area contributed by atoms with E-state index in [1.165, 1.54) is 6.26 Å². The predicted octanol–water partition coefficient (Wildman–Crippen LogP) is 3.82. The van der Waals surface area contributed by atoms with Gasteiger partial charge in [-0.3, -0.25) is 4.90 Å². The lowest BCUT2D eigenvalue weighted by atomic mass is 9.69. The highest BCUT2D eigenvalue weighted by Crippen LogP contribution is 2.50. The van der Waals surface area contributed by atoms with Gasteiger partial charge in [0, 0.05) is 66.5 Å². The van der Waals surface area contributed by atoms with Crippen LogP contribution in [0.3, 0.4) is 0 Å². The van der Waals surface area contributed by atoms with Crippen LogP contribution >= 0.6 is 0 Å². The number of aromatic nitrogens is 1. The molecule has 198 valence electrons. The van der Waals surface area contributed by atoms with Crippen molar-refractivity contribution >= 4 is 32.6 Å². The molecule has 3 aromatic rings. The maximum Gasteiger partial charge on any atom is 0.335 e. The first-order chi connectivity index (χ1) is 17.5. The van der Waals surface area contributed by atoms with E-state index < -0.39 is 16.0 Å². The molecule has 2 saturated heterocycles. The summed E-state index contributed by atoms with van der Waals surface area (Å²) in [4.78, 5) is 17.4. The van der Waals surface area contributed by atoms with Crippen LogP contribution in [0.2, 0.25) is 0 Å². The molecule has 0 radical (unpaired) electrons. The summed E-state index contributed by atoms with van der Waals surface area (Å²) in [5.74, 6) is -0.132. The summed E-state index contributed by atoms with van der Waals surface area (Å²) < 4.78 is 31.6. The van der Waals surface area contributed by atoms with Gasteiger partial charge in [-0.2, -0.15) is 0 Å². The Morgan fingerprint density at radius 1 is 1.27 bits per heavy atom. The average Bonchev–Trinajstić information content (AvgIpc) is 3.34. The number of carbonyl (C=O) groups is 1. The molecule has 2 aromatic carbocycles. The molecule has 1 aromatic heterocycles. The number of hydrogen-bond donors (Lipinski definition) is 3. The summed E-state index contributed by atoms with van der Waals surface area (Å²) in [7, 11) is 0.269. The second-order valence-electron chi connectivity index (χ2n) is 10.5. The molecule has 9 nitrogen and oxygen atoms in total. The van der Waals surface area contributed by atoms with Crippen LogP contribution in [-0.2, 0) is 16.6 Å². The Morgan fingerprint density at radius 2 is 2.03 bits per heavy atom. The fourth-order valence-corrected chi connectivity index (χ4v) is 7.09. The van der Waals surface area contributed by atoms with E-state index in [4.69, 9.17) is 4.74 Å². The molecule has 3 N–H and O–H groups in total. The average molecular weight is 527 g/mol. The predicted molar refractivity (Wildman–Crippen MR) is 144 cm³/mol. The standard InChI is InChI=1S/C27H34N4O5S/c1-17-11-24(36-3)21(19-7-9-29-25(17)19)14-30-10-8-27(15-31(16-27)37(4,34)35)13-23(30)20-6-5-18(26(32)33)12-22(20)28-2/h5-7,9,11-12,23,28-29H,8,10,13-16H2,1-4H3,(H,32,33)/t23-/m1/s1. The monoisotopic (exact) mass is 526 g/mol. The van der Waals surface area contributed by atoms with E-state index in [1.807, 2.05) is 12.3 Å². The Morgan fingerprint density at radius 3 is 2.68 bits per heavy atom. The molecule has 1 atom stereocenters. The van der Waals surface area contributed by atoms with E-state index in [0.717, 1.165) is 58.4 Å². The number of carboxylic acids is 1. The molecule has 37 heavy (non-hydrogen) atoms. The van der Waals surface area contributed by atoms with Crippen LogP contribution in [0.25, 0.3) is 10.9 Å². The first-order valence-corrected chi connectivity index (χ1v) is 14.3. The van der Waals surface area contributed by atoms with Crippen molar-refractivity contribution in [3.05, 3.63) is 58.8 Å². The number of sulfonamides is 1. The number of benzene rings is 2. The molecular formula is C27H34N4O5S. The first kappa shape index (κ1) is 25.6. The summed E-state index contributed by atoms with van der Waals surface area (Å²) in [6.07, 6.45) is 4.88. The van der Waals surface area contributed by atoms with Gasteiger partial charge in [-0.05, 0) is 61.7 Å². The zero-order chi connectivity index (χ0) is 26.5. The van der Waals surface area contributed by atoms with Gasteiger partial charge < -0.3 is 20.1 Å². The molecular weight excluding hydrogens is 492 g/mol. The first-order valence-electron chi connectivity index (χ1n) is 12.4. The van der Waals surface area contributed by atoms with Crippen LogP contribution in [0.15, 0.2) is 36.5 Å². The molecule has 10 heteroatoms. The Bertz CT molecular complexity index is 1460. The van der Waals surface area contributed by atoms with Crippen molar-refractivity contribution in [3.8, 4) is 5.75 Å². The third kappa shape index (κ3) is 4.58. The maximum atomic E-state index is 12.1. The number of hydrogen-bond acceptors (Lipinski definition) is 6. The van der Waals surface area contributed by atoms with Crippen molar-refractivity contribution in [1.29, 1.82) is 0 Å². The van der Waals surface area contributed by atoms with E-state index in [-0.39, 0.29) is 17.0 Å². The van der Waals surface area contributed by atoms with Crippen molar-refractivity contribution in [3.63, 3.8) is 0 Å². The minimum atomic E-state index is -3.22. The molecule has 3 heterocycles. The second-order valence-corrected chi connectivity index (χ2v) is 12.5. The van der Waals surface area contributed by atoms with Gasteiger partial charge in [0.25, 0.3) is 0 Å². The molecule has 2 aliphatic heterocycles. The number of nitrogens with one attached hydrogen (secondary N) is 2. The highest BCUT2D eigenvalue weighted by Gasteiger charge is 2.51. The number of aromatic amines is 1. The van der Waals surface area contributed by atoms with Crippen LogP contribution in [0.5, 0.6) is 5.75 Å². The van der Waals surface area contributed by atoms with Crippen LogP contribution < -0.4 is 10.1 Å². The van der Waals surface area contributed by atoms with E-state index in [2.05, 4.69) is 34.3 Å². The van der Waals surface area contributed by atoms with E-state index >= 15 is 0 Å². The largest absolute Gasteiger partial charge is 0.496 e. The van der Waals surface area contributed by atoms with E-state index in [0.29, 0.717) is 19.6 Å². The minimum Gasteiger partial charge on any atom is -0.496 e. The number of nitrogens with zero attached hydrogens (tertiary/aromatic N) is 2. The van der Waals surface area contributed by atoms with Gasteiger partial charge in [-0.15, -0.1) is 0 Å². The highest BCUT2D eigenvalue weighted by molar-refractivity contribution is 7.88. The quantitative estimate of drug-likeness (QED) is 0.429. The number of aryl methyl sites for hydroxylation is 1. The van der Waals surface area contributed by atoms with Gasteiger partial charge in [0.2, 0.25) is 10.0 Å². The van der Waals surface area contributed by atoms with Gasteiger partial charge in [0.15, 0.2) is 0 Å². The number of likely N-dealkylation sites (tertiary alicyclic amines) is 1. The van der Waals surface area contributed by atoms with E-state index in [1.54, 1.807) is 30.6 Å². The normalized spacial score (nSPS) is 20.2. The maximum absolute atomic E-state index is 12.1. The molecule has 5 rings (SSSR count). The van der Waals surface area contributed by atoms with Crippen LogP contribution in [-0.4, -0.2) is 73.7 Å². The fourth-order valence-electron chi connectivity index (χ4n) is 6.08. The van der Waals surface area contributed by atoms with Gasteiger partial charge in [-0.1, -0.05) is 6.07 Å². The highest BCUT2D eigenvalue weighted by atomic mass is 32.2. The zero-order valence-electron chi connectivity index (χ0n) is 21.7. The number of aromatic carboxylic acids is 1. The topological polar surface area (TPSA) is 115 Å². The lowest BCUT2D eigenvalue weighted by molar-refractivity contribution is -0.0326. The van der Waals surface area contributed by atoms with Gasteiger partial charge in [-0.25, -0.2) is 17.5 Å². The molecule has 0 amide bonds. The molecule has 0 bridgehead atoms. The van der Waals surface area contributed by atoms with Crippen molar-refractivity contribution in [2.24, 2.45) is 5.41 Å². The number of H-pyrrole nitrogens is 1. The third-order valence-electron chi connectivity index (χ3n) is 8.11. The summed E-state index contributed by atoms with van der Waals surface area (Å²) in [5.41, 5.74) is 5.23. The smallest absolute Gasteiger partial charge is 0.335 e. The Kier molecular flexibility index (Phi) is 6.45. The number of anilines is 1. The third-order valence-corrected chi connectivity index (χ3v) is 9.31. The summed E-state index contributed by atoms with van der Waals surface area (Å²) in [6, 6.07) is 9.34. The molecule has 1 spiro atoms. The van der Waals surface area contributed by atoms with Crippen LogP contribution in [0.4, 0.5) is 5.69 Å². The van der Waals surface area contributed by atoms with Crippen LogP contribution in [0, 0.1) is 12.3 Å². The lowest BCUT2D eigenvalue weighted by Gasteiger charge is -2.55. The summed E-state index contributed by atoms with van der Waals surface area (Å²) >= 11 is 0. The van der Waals surface area contributed by atoms with Gasteiger partial charge in [0.05, 0.1) is 18.9 Å². The SMILES string of the molecule is CNc1cc(C(=O)O)ccc1[C@H]1CC2(CCN1Cc1c(OC)cc(C)c3[nH]ccc13)CN(S(C)(=O)=O)C2. The Labute approximate surface area is 217 Å². The summed E-state index contributed by atoms with van der Waals surface area (Å²) in [6.45, 7) is 4.54. The lowest BCUT2D eigenvalue weighted by Crippen LogP contribution is -2.61. The zero-order valence-corrected chi connectivity index (χ0v) is 22.5. The number of fused-ring (bicyclic) bond motifs is 1. The molecule has 2 aliphatic rings. The molecule has 0 saturated carbocycles. The van der Waals surface area contributed by atoms with E-state index in [9.17, 15) is 18.3 Å². The molecule has 0 aliphatic carbocycles. The Balaban J connectivity index is 1.54. The van der Waals surface area contributed by atoms with Gasteiger partial charge in [0.1, 0.15) is 5.75 Å². The Hall–Kier alpha value is -3.08. The fraction of sp³-hybridized carbons (Fsp3) is 0.444. The summed E-state index contributed by atoms with van der Waals surface area (Å²) in [5, 5.41) is 13.9. The van der Waals surface area contributed by atoms with Gasteiger partial charge >= 0.3 is 5.97 Å². The number of ether oxygens (including phenoxy) is 1. The van der Waals surface area contributed by atoms with Crippen molar-refractivity contribution in [2.75, 3.05) is 45.4 Å².